The first-order valence-corrected chi connectivity index (χ1v) is 8.91. The van der Waals surface area contributed by atoms with Gasteiger partial charge in [-0.3, -0.25) is 4.79 Å². The fraction of sp³-hybridized carbons (Fsp3) is 0.611. The summed E-state index contributed by atoms with van der Waals surface area (Å²) in [6, 6.07) is 8.55. The summed E-state index contributed by atoms with van der Waals surface area (Å²) in [6.45, 7) is 12.1. The Bertz CT molecular complexity index is 497. The smallest absolute Gasteiger partial charge is 0.233 e. The van der Waals surface area contributed by atoms with E-state index in [-0.39, 0.29) is 23.5 Å². The summed E-state index contributed by atoms with van der Waals surface area (Å²) in [5.41, 5.74) is 1.48. The van der Waals surface area contributed by atoms with Crippen molar-refractivity contribution in [1.82, 2.24) is 4.90 Å². The van der Waals surface area contributed by atoms with Crippen molar-refractivity contribution in [2.45, 2.75) is 57.1 Å². The highest BCUT2D eigenvalue weighted by Gasteiger charge is 2.25. The zero-order valence-corrected chi connectivity index (χ0v) is 15.1. The molecule has 2 atom stereocenters. The van der Waals surface area contributed by atoms with Crippen molar-refractivity contribution in [3.63, 3.8) is 0 Å². The second-order valence-electron chi connectivity index (χ2n) is 7.12. The van der Waals surface area contributed by atoms with Gasteiger partial charge in [0.05, 0.1) is 18.0 Å². The lowest BCUT2D eigenvalue weighted by atomic mass is 9.87. The van der Waals surface area contributed by atoms with Crippen molar-refractivity contribution in [1.29, 1.82) is 0 Å². The summed E-state index contributed by atoms with van der Waals surface area (Å²) in [5.74, 6) is 0.695. The van der Waals surface area contributed by atoms with Crippen LogP contribution in [-0.4, -0.2) is 41.9 Å². The van der Waals surface area contributed by atoms with Crippen molar-refractivity contribution < 1.29 is 9.53 Å². The highest BCUT2D eigenvalue weighted by Crippen LogP contribution is 2.26. The molecule has 1 heterocycles. The van der Waals surface area contributed by atoms with E-state index in [0.717, 1.165) is 4.90 Å². The Hall–Kier alpha value is -1.00. The number of rotatable bonds is 3. The summed E-state index contributed by atoms with van der Waals surface area (Å²) in [4.78, 5) is 15.4. The molecule has 122 valence electrons. The molecule has 0 aromatic heterocycles. The maximum atomic E-state index is 12.3. The van der Waals surface area contributed by atoms with Crippen LogP contribution in [0.4, 0.5) is 0 Å². The van der Waals surface area contributed by atoms with Crippen molar-refractivity contribution >= 4 is 17.7 Å². The van der Waals surface area contributed by atoms with Crippen LogP contribution in [0.2, 0.25) is 0 Å². The highest BCUT2D eigenvalue weighted by molar-refractivity contribution is 8.00. The second kappa shape index (κ2) is 7.05. The Kier molecular flexibility index (Phi) is 5.56. The molecule has 0 spiro atoms. The van der Waals surface area contributed by atoms with Gasteiger partial charge in [0.15, 0.2) is 0 Å². The number of nitrogens with zero attached hydrogens (tertiary/aromatic N) is 1. The third-order valence-electron chi connectivity index (χ3n) is 3.85. The predicted octanol–water partition coefficient (Wildman–Crippen LogP) is 3.71. The molecule has 0 aliphatic carbocycles. The van der Waals surface area contributed by atoms with Gasteiger partial charge in [0.1, 0.15) is 0 Å². The largest absolute Gasteiger partial charge is 0.372 e. The van der Waals surface area contributed by atoms with Gasteiger partial charge in [0, 0.05) is 18.0 Å². The number of carbonyl (C=O) groups is 1. The van der Waals surface area contributed by atoms with Crippen LogP contribution in [0.25, 0.3) is 0 Å². The first-order valence-electron chi connectivity index (χ1n) is 7.92. The first-order chi connectivity index (χ1) is 10.3. The quantitative estimate of drug-likeness (QED) is 0.795. The topological polar surface area (TPSA) is 29.5 Å². The van der Waals surface area contributed by atoms with Gasteiger partial charge in [0.2, 0.25) is 5.91 Å². The molecule has 4 heteroatoms. The van der Waals surface area contributed by atoms with E-state index in [9.17, 15) is 4.79 Å². The molecule has 0 saturated carbocycles. The zero-order valence-electron chi connectivity index (χ0n) is 14.3. The molecule has 1 fully saturated rings. The van der Waals surface area contributed by atoms with Gasteiger partial charge in [-0.25, -0.2) is 0 Å². The summed E-state index contributed by atoms with van der Waals surface area (Å²) >= 11 is 1.61. The fourth-order valence-electron chi connectivity index (χ4n) is 2.67. The SMILES string of the molecule is CC1CN(C(=O)CSc2ccc(C(C)(C)C)cc2)CC(C)O1. The zero-order chi connectivity index (χ0) is 16.3. The average Bonchev–Trinajstić information content (AvgIpc) is 2.43. The average molecular weight is 321 g/mol. The van der Waals surface area contributed by atoms with Crippen LogP contribution in [0.1, 0.15) is 40.2 Å². The molecule has 1 aromatic carbocycles. The van der Waals surface area contributed by atoms with Crippen LogP contribution in [0.5, 0.6) is 0 Å². The van der Waals surface area contributed by atoms with Gasteiger partial charge in [0.25, 0.3) is 0 Å². The number of carbonyl (C=O) groups excluding carboxylic acids is 1. The number of thioether (sulfide) groups is 1. The Balaban J connectivity index is 1.88. The molecule has 1 aromatic rings. The molecule has 1 aliphatic rings. The van der Waals surface area contributed by atoms with E-state index >= 15 is 0 Å². The maximum Gasteiger partial charge on any atom is 0.233 e. The third kappa shape index (κ3) is 4.75. The molecule has 1 saturated heterocycles. The molecule has 0 bridgehead atoms. The first kappa shape index (κ1) is 17.4. The minimum Gasteiger partial charge on any atom is -0.372 e. The predicted molar refractivity (Wildman–Crippen MR) is 92.5 cm³/mol. The molecule has 0 radical (unpaired) electrons. The molecule has 0 N–H and O–H groups in total. The molecular weight excluding hydrogens is 294 g/mol. The lowest BCUT2D eigenvalue weighted by Gasteiger charge is -2.35. The third-order valence-corrected chi connectivity index (χ3v) is 4.85. The van der Waals surface area contributed by atoms with Crippen LogP contribution < -0.4 is 0 Å². The molecule has 1 aliphatic heterocycles. The summed E-state index contributed by atoms with van der Waals surface area (Å²) < 4.78 is 5.67. The van der Waals surface area contributed by atoms with Crippen molar-refractivity contribution in [3.8, 4) is 0 Å². The Morgan fingerprint density at radius 2 is 1.73 bits per heavy atom. The van der Waals surface area contributed by atoms with Crippen molar-refractivity contribution in [3.05, 3.63) is 29.8 Å². The standard InChI is InChI=1S/C18H27NO2S/c1-13-10-19(11-14(2)21-13)17(20)12-22-16-8-6-15(7-9-16)18(3,4)5/h6-9,13-14H,10-12H2,1-5H3. The normalized spacial score (nSPS) is 22.7. The van der Waals surface area contributed by atoms with Crippen LogP contribution >= 0.6 is 11.8 Å². The van der Waals surface area contributed by atoms with E-state index in [1.54, 1.807) is 11.8 Å². The van der Waals surface area contributed by atoms with E-state index in [4.69, 9.17) is 4.74 Å². The van der Waals surface area contributed by atoms with Gasteiger partial charge in [-0.05, 0) is 37.0 Å². The van der Waals surface area contributed by atoms with Crippen LogP contribution in [0.15, 0.2) is 29.2 Å². The van der Waals surface area contributed by atoms with Gasteiger partial charge in [-0.1, -0.05) is 32.9 Å². The maximum absolute atomic E-state index is 12.3. The fourth-order valence-corrected chi connectivity index (χ4v) is 3.47. The van der Waals surface area contributed by atoms with Gasteiger partial charge < -0.3 is 9.64 Å². The van der Waals surface area contributed by atoms with E-state index in [2.05, 4.69) is 45.0 Å². The van der Waals surface area contributed by atoms with Crippen LogP contribution in [0.3, 0.4) is 0 Å². The van der Waals surface area contributed by atoms with Crippen molar-refractivity contribution in [2.75, 3.05) is 18.8 Å². The summed E-state index contributed by atoms with van der Waals surface area (Å²) in [6.07, 6.45) is 0.257. The van der Waals surface area contributed by atoms with Gasteiger partial charge in [-0.2, -0.15) is 0 Å². The van der Waals surface area contributed by atoms with E-state index < -0.39 is 0 Å². The van der Waals surface area contributed by atoms with E-state index in [1.165, 1.54) is 5.56 Å². The van der Waals surface area contributed by atoms with Crippen LogP contribution in [0, 0.1) is 0 Å². The second-order valence-corrected chi connectivity index (χ2v) is 8.17. The summed E-state index contributed by atoms with van der Waals surface area (Å²) in [5, 5.41) is 0. The van der Waals surface area contributed by atoms with E-state index in [1.807, 2.05) is 18.7 Å². The number of hydrogen-bond donors (Lipinski definition) is 0. The monoisotopic (exact) mass is 321 g/mol. The minimum absolute atomic E-state index is 0.128. The Morgan fingerprint density at radius 3 is 2.23 bits per heavy atom. The minimum atomic E-state index is 0.128. The number of benzene rings is 1. The van der Waals surface area contributed by atoms with Crippen LogP contribution in [-0.2, 0) is 14.9 Å². The molecule has 3 nitrogen and oxygen atoms in total. The lowest BCUT2D eigenvalue weighted by molar-refractivity contribution is -0.140. The van der Waals surface area contributed by atoms with Crippen molar-refractivity contribution in [2.24, 2.45) is 0 Å². The lowest BCUT2D eigenvalue weighted by Crippen LogP contribution is -2.48. The number of amides is 1. The van der Waals surface area contributed by atoms with E-state index in [0.29, 0.717) is 18.8 Å². The molecular formula is C18H27NO2S. The molecule has 22 heavy (non-hydrogen) atoms. The molecule has 2 rings (SSSR count). The molecule has 2 unspecified atom stereocenters. The Morgan fingerprint density at radius 1 is 1.18 bits per heavy atom. The number of morpholine rings is 1. The van der Waals surface area contributed by atoms with Gasteiger partial charge >= 0.3 is 0 Å². The number of ether oxygens (including phenoxy) is 1. The number of hydrogen-bond acceptors (Lipinski definition) is 3. The Labute approximate surface area is 138 Å². The van der Waals surface area contributed by atoms with Gasteiger partial charge in [-0.15, -0.1) is 11.8 Å². The molecule has 1 amide bonds. The highest BCUT2D eigenvalue weighted by atomic mass is 32.2. The summed E-state index contributed by atoms with van der Waals surface area (Å²) in [7, 11) is 0.